The number of carbonyl (C=O) groups is 1. The van der Waals surface area contributed by atoms with E-state index in [-0.39, 0.29) is 17.1 Å². The molecule has 1 aliphatic heterocycles. The molecule has 1 aromatic heterocycles. The van der Waals surface area contributed by atoms with Crippen molar-refractivity contribution >= 4 is 5.91 Å². The van der Waals surface area contributed by atoms with E-state index in [0.29, 0.717) is 19.1 Å². The third-order valence-electron chi connectivity index (χ3n) is 4.61. The summed E-state index contributed by atoms with van der Waals surface area (Å²) in [5, 5.41) is 10.3. The molecule has 1 saturated heterocycles. The molecular weight excluding hydrogens is 282 g/mol. The van der Waals surface area contributed by atoms with Crippen molar-refractivity contribution in [1.82, 2.24) is 15.8 Å². The molecule has 1 fully saturated rings. The monoisotopic (exact) mass is 309 g/mol. The SMILES string of the molecule is CCC(C)c1cc(C(=O)NCC2(COC)CCNCC2)on1. The normalized spacial score (nSPS) is 18.9. The molecular formula is C16H27N3O3. The largest absolute Gasteiger partial charge is 0.384 e. The number of methoxy groups -OCH3 is 1. The van der Waals surface area contributed by atoms with Gasteiger partial charge in [0.2, 0.25) is 5.76 Å². The van der Waals surface area contributed by atoms with Crippen LogP contribution in [0.25, 0.3) is 0 Å². The fourth-order valence-electron chi connectivity index (χ4n) is 2.83. The molecule has 2 N–H and O–H groups in total. The highest BCUT2D eigenvalue weighted by Crippen LogP contribution is 2.28. The molecule has 6 nitrogen and oxygen atoms in total. The van der Waals surface area contributed by atoms with E-state index in [2.05, 4.69) is 29.6 Å². The Bertz CT molecular complexity index is 475. The highest BCUT2D eigenvalue weighted by atomic mass is 16.5. The molecule has 1 unspecified atom stereocenters. The lowest BCUT2D eigenvalue weighted by atomic mass is 9.79. The molecule has 124 valence electrons. The second-order valence-electron chi connectivity index (χ2n) is 6.29. The summed E-state index contributed by atoms with van der Waals surface area (Å²) >= 11 is 0. The van der Waals surface area contributed by atoms with E-state index in [1.807, 2.05) is 0 Å². The van der Waals surface area contributed by atoms with Crippen LogP contribution >= 0.6 is 0 Å². The minimum atomic E-state index is -0.198. The highest BCUT2D eigenvalue weighted by molar-refractivity contribution is 5.91. The second-order valence-corrected chi connectivity index (χ2v) is 6.29. The predicted molar refractivity (Wildman–Crippen MR) is 84.0 cm³/mol. The minimum absolute atomic E-state index is 0.00915. The number of aromatic nitrogens is 1. The molecule has 2 heterocycles. The first-order valence-electron chi connectivity index (χ1n) is 8.04. The first-order valence-corrected chi connectivity index (χ1v) is 8.04. The van der Waals surface area contributed by atoms with Gasteiger partial charge in [-0.2, -0.15) is 0 Å². The number of hydrogen-bond acceptors (Lipinski definition) is 5. The van der Waals surface area contributed by atoms with Gasteiger partial charge < -0.3 is 19.9 Å². The molecule has 1 amide bonds. The molecule has 0 aliphatic carbocycles. The highest BCUT2D eigenvalue weighted by Gasteiger charge is 2.33. The van der Waals surface area contributed by atoms with Gasteiger partial charge in [-0.3, -0.25) is 4.79 Å². The van der Waals surface area contributed by atoms with Gasteiger partial charge in [0.25, 0.3) is 5.91 Å². The summed E-state index contributed by atoms with van der Waals surface area (Å²) in [5.41, 5.74) is 0.844. The third-order valence-corrected chi connectivity index (χ3v) is 4.61. The number of piperidine rings is 1. The average molecular weight is 309 g/mol. The lowest BCUT2D eigenvalue weighted by Gasteiger charge is -2.37. The van der Waals surface area contributed by atoms with E-state index in [9.17, 15) is 4.79 Å². The van der Waals surface area contributed by atoms with E-state index >= 15 is 0 Å². The molecule has 0 bridgehead atoms. The molecule has 1 aliphatic rings. The van der Waals surface area contributed by atoms with Gasteiger partial charge in [-0.25, -0.2) is 0 Å². The Morgan fingerprint density at radius 2 is 2.27 bits per heavy atom. The number of carbonyl (C=O) groups excluding carboxylic acids is 1. The Labute approximate surface area is 132 Å². The minimum Gasteiger partial charge on any atom is -0.384 e. The summed E-state index contributed by atoms with van der Waals surface area (Å²) < 4.78 is 10.5. The van der Waals surface area contributed by atoms with Crippen molar-refractivity contribution < 1.29 is 14.1 Å². The molecule has 1 aromatic rings. The zero-order chi connectivity index (χ0) is 16.0. The third kappa shape index (κ3) is 4.08. The Morgan fingerprint density at radius 1 is 1.55 bits per heavy atom. The van der Waals surface area contributed by atoms with Crippen LogP contribution in [0.5, 0.6) is 0 Å². The zero-order valence-corrected chi connectivity index (χ0v) is 13.8. The van der Waals surface area contributed by atoms with E-state index < -0.39 is 0 Å². The van der Waals surface area contributed by atoms with Gasteiger partial charge in [0, 0.05) is 31.1 Å². The van der Waals surface area contributed by atoms with Crippen LogP contribution in [-0.2, 0) is 4.74 Å². The summed E-state index contributed by atoms with van der Waals surface area (Å²) in [6, 6.07) is 1.74. The maximum absolute atomic E-state index is 12.3. The van der Waals surface area contributed by atoms with Crippen molar-refractivity contribution in [2.75, 3.05) is 33.4 Å². The van der Waals surface area contributed by atoms with Crippen molar-refractivity contribution in [3.8, 4) is 0 Å². The fraction of sp³-hybridized carbons (Fsp3) is 0.750. The molecule has 22 heavy (non-hydrogen) atoms. The maximum atomic E-state index is 12.3. The summed E-state index contributed by atoms with van der Waals surface area (Å²) in [4.78, 5) is 12.3. The molecule has 2 rings (SSSR count). The number of hydrogen-bond donors (Lipinski definition) is 2. The number of amides is 1. The van der Waals surface area contributed by atoms with Gasteiger partial charge in [0.05, 0.1) is 12.3 Å². The van der Waals surface area contributed by atoms with Crippen LogP contribution in [0.4, 0.5) is 0 Å². The van der Waals surface area contributed by atoms with Crippen LogP contribution in [0.15, 0.2) is 10.6 Å². The van der Waals surface area contributed by atoms with E-state index in [4.69, 9.17) is 9.26 Å². The van der Waals surface area contributed by atoms with E-state index in [0.717, 1.165) is 38.0 Å². The van der Waals surface area contributed by atoms with Crippen molar-refractivity contribution in [2.24, 2.45) is 5.41 Å². The lowest BCUT2D eigenvalue weighted by molar-refractivity contribution is 0.0504. The summed E-state index contributed by atoms with van der Waals surface area (Å²) in [6.07, 6.45) is 2.96. The van der Waals surface area contributed by atoms with Crippen LogP contribution < -0.4 is 10.6 Å². The number of rotatable bonds is 7. The van der Waals surface area contributed by atoms with Crippen molar-refractivity contribution in [2.45, 2.75) is 39.0 Å². The van der Waals surface area contributed by atoms with Crippen molar-refractivity contribution in [3.63, 3.8) is 0 Å². The second kappa shape index (κ2) is 7.74. The van der Waals surface area contributed by atoms with Crippen molar-refractivity contribution in [3.05, 3.63) is 17.5 Å². The topological polar surface area (TPSA) is 76.4 Å². The predicted octanol–water partition coefficient (Wildman–Crippen LogP) is 1.93. The van der Waals surface area contributed by atoms with Gasteiger partial charge in [0.15, 0.2) is 0 Å². The molecule has 0 spiro atoms. The quantitative estimate of drug-likeness (QED) is 0.805. The molecule has 1 atom stereocenters. The number of ether oxygens (including phenoxy) is 1. The van der Waals surface area contributed by atoms with Crippen LogP contribution in [0, 0.1) is 5.41 Å². The van der Waals surface area contributed by atoms with Crippen LogP contribution in [0.1, 0.15) is 55.3 Å². The standard InChI is InChI=1S/C16H27N3O3/c1-4-12(2)13-9-14(22-19-13)15(20)18-10-16(11-21-3)5-7-17-8-6-16/h9,12,17H,4-8,10-11H2,1-3H3,(H,18,20). The molecule has 0 aromatic carbocycles. The average Bonchev–Trinajstić information content (AvgIpc) is 3.03. The molecule has 0 saturated carbocycles. The first kappa shape index (κ1) is 17.0. The van der Waals surface area contributed by atoms with Gasteiger partial charge in [-0.05, 0) is 32.4 Å². The van der Waals surface area contributed by atoms with E-state index in [1.54, 1.807) is 13.2 Å². The number of nitrogens with one attached hydrogen (secondary N) is 2. The Hall–Kier alpha value is -1.40. The Balaban J connectivity index is 1.94. The molecule has 6 heteroatoms. The van der Waals surface area contributed by atoms with Gasteiger partial charge in [0.1, 0.15) is 0 Å². The lowest BCUT2D eigenvalue weighted by Crippen LogP contribution is -2.47. The van der Waals surface area contributed by atoms with Crippen LogP contribution in [0.3, 0.4) is 0 Å². The van der Waals surface area contributed by atoms with Crippen LogP contribution in [0.2, 0.25) is 0 Å². The Kier molecular flexibility index (Phi) is 5.97. The molecule has 0 radical (unpaired) electrons. The van der Waals surface area contributed by atoms with Gasteiger partial charge in [-0.1, -0.05) is 19.0 Å². The van der Waals surface area contributed by atoms with Gasteiger partial charge in [-0.15, -0.1) is 0 Å². The summed E-state index contributed by atoms with van der Waals surface area (Å²) in [7, 11) is 1.71. The zero-order valence-electron chi connectivity index (χ0n) is 13.8. The fourth-order valence-corrected chi connectivity index (χ4v) is 2.83. The summed E-state index contributed by atoms with van der Waals surface area (Å²) in [5.74, 6) is 0.391. The maximum Gasteiger partial charge on any atom is 0.289 e. The van der Waals surface area contributed by atoms with Crippen molar-refractivity contribution in [1.29, 1.82) is 0 Å². The smallest absolute Gasteiger partial charge is 0.289 e. The van der Waals surface area contributed by atoms with E-state index in [1.165, 1.54) is 0 Å². The van der Waals surface area contributed by atoms with Gasteiger partial charge >= 0.3 is 0 Å². The van der Waals surface area contributed by atoms with Crippen LogP contribution in [-0.4, -0.2) is 44.4 Å². The summed E-state index contributed by atoms with van der Waals surface area (Å²) in [6.45, 7) is 7.33. The number of nitrogens with zero attached hydrogens (tertiary/aromatic N) is 1. The first-order chi connectivity index (χ1) is 10.6. The Morgan fingerprint density at radius 3 is 2.91 bits per heavy atom.